The molecule has 1 N–H and O–H groups in total. The van der Waals surface area contributed by atoms with Crippen molar-refractivity contribution in [2.75, 3.05) is 43.0 Å². The van der Waals surface area contributed by atoms with E-state index in [9.17, 15) is 8.42 Å². The van der Waals surface area contributed by atoms with E-state index in [2.05, 4.69) is 34.3 Å². The van der Waals surface area contributed by atoms with Gasteiger partial charge in [0.25, 0.3) is 0 Å². The number of aromatic nitrogens is 1. The molecule has 1 aromatic carbocycles. The van der Waals surface area contributed by atoms with Crippen LogP contribution in [0.25, 0.3) is 10.9 Å². The van der Waals surface area contributed by atoms with E-state index < -0.39 is 9.84 Å². The van der Waals surface area contributed by atoms with Crippen LogP contribution in [0.4, 0.5) is 5.82 Å². The highest BCUT2D eigenvalue weighted by atomic mass is 32.2. The van der Waals surface area contributed by atoms with Gasteiger partial charge in [-0.25, -0.2) is 13.4 Å². The Labute approximate surface area is 137 Å². The fourth-order valence-corrected chi connectivity index (χ4v) is 4.16. The standard InChI is InChI=1S/C17H23N3O2S/c1-14-13-15-5-2-3-6-16(15)19-17(14)18-7-4-8-20-9-11-23(21,22)12-10-20/h2-3,5-6,13H,4,7-12H2,1H3,(H,18,19). The van der Waals surface area contributed by atoms with E-state index in [1.54, 1.807) is 0 Å². The van der Waals surface area contributed by atoms with Gasteiger partial charge in [0.2, 0.25) is 0 Å². The lowest BCUT2D eigenvalue weighted by Crippen LogP contribution is -2.41. The van der Waals surface area contributed by atoms with Gasteiger partial charge in [0, 0.05) is 25.0 Å². The minimum absolute atomic E-state index is 0.297. The van der Waals surface area contributed by atoms with E-state index in [1.807, 2.05) is 18.2 Å². The van der Waals surface area contributed by atoms with Gasteiger partial charge in [0.15, 0.2) is 9.84 Å². The third kappa shape index (κ3) is 4.20. The molecule has 1 aromatic heterocycles. The van der Waals surface area contributed by atoms with Gasteiger partial charge in [-0.15, -0.1) is 0 Å². The topological polar surface area (TPSA) is 62.3 Å². The highest BCUT2D eigenvalue weighted by Crippen LogP contribution is 2.19. The summed E-state index contributed by atoms with van der Waals surface area (Å²) in [6.45, 7) is 5.16. The Bertz CT molecular complexity index is 776. The van der Waals surface area contributed by atoms with Gasteiger partial charge in [0.05, 0.1) is 17.0 Å². The fraction of sp³-hybridized carbons (Fsp3) is 0.471. The number of nitrogens with one attached hydrogen (secondary N) is 1. The SMILES string of the molecule is Cc1cc2ccccc2nc1NCCCN1CCS(=O)(=O)CC1. The summed E-state index contributed by atoms with van der Waals surface area (Å²) in [5, 5.41) is 4.56. The summed E-state index contributed by atoms with van der Waals surface area (Å²) < 4.78 is 22.8. The van der Waals surface area contributed by atoms with Crippen LogP contribution >= 0.6 is 0 Å². The molecule has 0 radical (unpaired) electrons. The summed E-state index contributed by atoms with van der Waals surface area (Å²) in [5.74, 6) is 1.53. The number of nitrogens with zero attached hydrogens (tertiary/aromatic N) is 2. The third-order valence-corrected chi connectivity index (χ3v) is 5.90. The number of benzene rings is 1. The van der Waals surface area contributed by atoms with E-state index in [4.69, 9.17) is 0 Å². The highest BCUT2D eigenvalue weighted by Gasteiger charge is 2.20. The van der Waals surface area contributed by atoms with E-state index in [0.29, 0.717) is 24.6 Å². The van der Waals surface area contributed by atoms with Crippen molar-refractivity contribution in [2.24, 2.45) is 0 Å². The van der Waals surface area contributed by atoms with Crippen LogP contribution in [-0.2, 0) is 9.84 Å². The van der Waals surface area contributed by atoms with Crippen LogP contribution in [0.1, 0.15) is 12.0 Å². The van der Waals surface area contributed by atoms with Crippen LogP contribution in [0.15, 0.2) is 30.3 Å². The minimum Gasteiger partial charge on any atom is -0.370 e. The molecule has 3 rings (SSSR count). The first kappa shape index (κ1) is 16.2. The number of hydrogen-bond acceptors (Lipinski definition) is 5. The first-order valence-electron chi connectivity index (χ1n) is 8.06. The molecule has 0 spiro atoms. The predicted molar refractivity (Wildman–Crippen MR) is 94.7 cm³/mol. The van der Waals surface area contributed by atoms with Gasteiger partial charge in [-0.05, 0) is 37.6 Å². The number of hydrogen-bond donors (Lipinski definition) is 1. The zero-order valence-corrected chi connectivity index (χ0v) is 14.3. The maximum Gasteiger partial charge on any atom is 0.152 e. The maximum atomic E-state index is 11.4. The second-order valence-electron chi connectivity index (χ2n) is 6.12. The van der Waals surface area contributed by atoms with Gasteiger partial charge >= 0.3 is 0 Å². The lowest BCUT2D eigenvalue weighted by Gasteiger charge is -2.26. The molecule has 0 saturated carbocycles. The number of sulfone groups is 1. The van der Waals surface area contributed by atoms with E-state index >= 15 is 0 Å². The number of aryl methyl sites for hydroxylation is 1. The first-order chi connectivity index (χ1) is 11.0. The molecule has 1 aliphatic heterocycles. The van der Waals surface area contributed by atoms with Gasteiger partial charge in [-0.2, -0.15) is 0 Å². The van der Waals surface area contributed by atoms with Crippen LogP contribution in [0, 0.1) is 6.92 Å². The molecular formula is C17H23N3O2S. The third-order valence-electron chi connectivity index (χ3n) is 4.30. The summed E-state index contributed by atoms with van der Waals surface area (Å²) in [7, 11) is -2.78. The summed E-state index contributed by atoms with van der Waals surface area (Å²) in [4.78, 5) is 6.90. The Morgan fingerprint density at radius 3 is 2.74 bits per heavy atom. The Kier molecular flexibility index (Phi) is 4.82. The zero-order chi connectivity index (χ0) is 16.3. The number of anilines is 1. The summed E-state index contributed by atoms with van der Waals surface area (Å²) in [5.41, 5.74) is 2.15. The molecule has 0 unspecified atom stereocenters. The number of fused-ring (bicyclic) bond motifs is 1. The molecule has 5 nitrogen and oxygen atoms in total. The van der Waals surface area contributed by atoms with Crippen molar-refractivity contribution in [3.05, 3.63) is 35.9 Å². The summed E-state index contributed by atoms with van der Waals surface area (Å²) in [6, 6.07) is 10.3. The fourth-order valence-electron chi connectivity index (χ4n) is 2.88. The second-order valence-corrected chi connectivity index (χ2v) is 8.42. The average molecular weight is 333 g/mol. The monoisotopic (exact) mass is 333 g/mol. The molecule has 0 atom stereocenters. The van der Waals surface area contributed by atoms with E-state index in [-0.39, 0.29) is 0 Å². The minimum atomic E-state index is -2.78. The molecule has 1 fully saturated rings. The smallest absolute Gasteiger partial charge is 0.152 e. The lowest BCUT2D eigenvalue weighted by atomic mass is 10.1. The second kappa shape index (κ2) is 6.84. The molecule has 2 heterocycles. The highest BCUT2D eigenvalue weighted by molar-refractivity contribution is 7.91. The number of rotatable bonds is 5. The van der Waals surface area contributed by atoms with E-state index in [0.717, 1.165) is 41.8 Å². The average Bonchev–Trinajstić information content (AvgIpc) is 2.53. The van der Waals surface area contributed by atoms with Crippen molar-refractivity contribution in [1.29, 1.82) is 0 Å². The van der Waals surface area contributed by atoms with Crippen molar-refractivity contribution >= 4 is 26.6 Å². The van der Waals surface area contributed by atoms with Gasteiger partial charge < -0.3 is 10.2 Å². The van der Waals surface area contributed by atoms with Crippen LogP contribution in [0.2, 0.25) is 0 Å². The molecule has 124 valence electrons. The lowest BCUT2D eigenvalue weighted by molar-refractivity contribution is 0.294. The Morgan fingerprint density at radius 2 is 1.96 bits per heavy atom. The Balaban J connectivity index is 1.50. The van der Waals surface area contributed by atoms with Crippen molar-refractivity contribution in [3.8, 4) is 0 Å². The molecular weight excluding hydrogens is 310 g/mol. The molecule has 1 saturated heterocycles. The van der Waals surface area contributed by atoms with Crippen molar-refractivity contribution in [1.82, 2.24) is 9.88 Å². The first-order valence-corrected chi connectivity index (χ1v) is 9.89. The predicted octanol–water partition coefficient (Wildman–Crippen LogP) is 2.08. The van der Waals surface area contributed by atoms with Crippen LogP contribution in [0.3, 0.4) is 0 Å². The van der Waals surface area contributed by atoms with Crippen LogP contribution < -0.4 is 5.32 Å². The number of pyridine rings is 1. The van der Waals surface area contributed by atoms with Gasteiger partial charge in [0.1, 0.15) is 5.82 Å². The molecule has 0 aliphatic carbocycles. The van der Waals surface area contributed by atoms with Crippen molar-refractivity contribution in [3.63, 3.8) is 0 Å². The Morgan fingerprint density at radius 1 is 1.22 bits per heavy atom. The van der Waals surface area contributed by atoms with Crippen LogP contribution in [-0.4, -0.2) is 56.0 Å². The number of para-hydroxylation sites is 1. The normalized spacial score (nSPS) is 18.1. The van der Waals surface area contributed by atoms with E-state index in [1.165, 1.54) is 0 Å². The van der Waals surface area contributed by atoms with Gasteiger partial charge in [-0.3, -0.25) is 0 Å². The molecule has 6 heteroatoms. The molecule has 1 aliphatic rings. The summed E-state index contributed by atoms with van der Waals surface area (Å²) in [6.07, 6.45) is 0.980. The Hall–Kier alpha value is -1.66. The molecule has 23 heavy (non-hydrogen) atoms. The van der Waals surface area contributed by atoms with Crippen molar-refractivity contribution < 1.29 is 8.42 Å². The zero-order valence-electron chi connectivity index (χ0n) is 13.5. The van der Waals surface area contributed by atoms with Gasteiger partial charge in [-0.1, -0.05) is 18.2 Å². The largest absolute Gasteiger partial charge is 0.370 e. The quantitative estimate of drug-likeness (QED) is 0.849. The van der Waals surface area contributed by atoms with Crippen LogP contribution in [0.5, 0.6) is 0 Å². The molecule has 2 aromatic rings. The maximum absolute atomic E-state index is 11.4. The van der Waals surface area contributed by atoms with Crippen molar-refractivity contribution in [2.45, 2.75) is 13.3 Å². The molecule has 0 amide bonds. The molecule has 0 bridgehead atoms. The summed E-state index contributed by atoms with van der Waals surface area (Å²) >= 11 is 0.